The second-order valence-electron chi connectivity index (χ2n) is 16.5. The fourth-order valence-electron chi connectivity index (χ4n) is 11.0. The van der Waals surface area contributed by atoms with Gasteiger partial charge in [-0.25, -0.2) is 0 Å². The van der Waals surface area contributed by atoms with Gasteiger partial charge in [-0.15, -0.1) is 0 Å². The summed E-state index contributed by atoms with van der Waals surface area (Å²) in [4.78, 5) is 2.37. The predicted octanol–water partition coefficient (Wildman–Crippen LogP) is 15.1. The smallest absolute Gasteiger partial charge is 0.135 e. The third-order valence-electron chi connectivity index (χ3n) is 13.6. The third-order valence-corrected chi connectivity index (χ3v) is 13.6. The van der Waals surface area contributed by atoms with Crippen molar-refractivity contribution in [3.8, 4) is 44.5 Å². The molecule has 12 rings (SSSR count). The van der Waals surface area contributed by atoms with Crippen LogP contribution in [0.1, 0.15) is 36.8 Å². The van der Waals surface area contributed by atoms with E-state index in [1.807, 2.05) is 12.1 Å². The molecule has 0 saturated heterocycles. The lowest BCUT2D eigenvalue weighted by molar-refractivity contribution is 0.327. The molecule has 2 heteroatoms. The second kappa shape index (κ2) is 12.7. The Morgan fingerprint density at radius 1 is 0.421 bits per heavy atom. The van der Waals surface area contributed by atoms with Crippen LogP contribution in [0.4, 0.5) is 17.1 Å². The summed E-state index contributed by atoms with van der Waals surface area (Å²) >= 11 is 0. The monoisotopic (exact) mass is 731 g/mol. The maximum absolute atomic E-state index is 6.12. The number of anilines is 3. The van der Waals surface area contributed by atoms with E-state index >= 15 is 0 Å². The van der Waals surface area contributed by atoms with Crippen molar-refractivity contribution in [1.29, 1.82) is 0 Å². The molecule has 8 aromatic carbocycles. The zero-order valence-electron chi connectivity index (χ0n) is 31.7. The normalized spacial score (nSPS) is 19.0. The molecule has 3 unspecified atom stereocenters. The van der Waals surface area contributed by atoms with E-state index in [0.29, 0.717) is 0 Å². The van der Waals surface area contributed by atoms with Crippen molar-refractivity contribution >= 4 is 39.0 Å². The number of para-hydroxylation sites is 1. The van der Waals surface area contributed by atoms with Crippen molar-refractivity contribution < 1.29 is 4.42 Å². The molecule has 2 saturated carbocycles. The highest BCUT2D eigenvalue weighted by Crippen LogP contribution is 2.65. The summed E-state index contributed by atoms with van der Waals surface area (Å²) in [6.45, 7) is 0. The van der Waals surface area contributed by atoms with E-state index in [0.717, 1.165) is 50.8 Å². The van der Waals surface area contributed by atoms with Crippen molar-refractivity contribution in [1.82, 2.24) is 0 Å². The quantitative estimate of drug-likeness (QED) is 0.169. The average Bonchev–Trinajstić information content (AvgIpc) is 4.06. The number of rotatable bonds is 6. The topological polar surface area (TPSA) is 16.4 Å². The third kappa shape index (κ3) is 5.10. The zero-order valence-corrected chi connectivity index (χ0v) is 31.7. The highest BCUT2D eigenvalue weighted by atomic mass is 16.3. The summed E-state index contributed by atoms with van der Waals surface area (Å²) in [6.07, 6.45) is 5.44. The molecule has 3 atom stereocenters. The lowest BCUT2D eigenvalue weighted by Crippen LogP contribution is -2.31. The number of benzene rings is 8. The molecular weight excluding hydrogens is 691 g/mol. The van der Waals surface area contributed by atoms with Gasteiger partial charge in [0, 0.05) is 33.2 Å². The average molecular weight is 732 g/mol. The Morgan fingerprint density at radius 3 is 1.65 bits per heavy atom. The molecule has 272 valence electrons. The minimum Gasteiger partial charge on any atom is -0.456 e. The second-order valence-corrected chi connectivity index (χ2v) is 16.5. The summed E-state index contributed by atoms with van der Waals surface area (Å²) in [5.41, 5.74) is 18.8. The van der Waals surface area contributed by atoms with Gasteiger partial charge in [-0.3, -0.25) is 0 Å². The minimum atomic E-state index is 0.178. The van der Waals surface area contributed by atoms with Gasteiger partial charge in [-0.05, 0) is 147 Å². The molecule has 9 aromatic rings. The van der Waals surface area contributed by atoms with Crippen LogP contribution in [0.5, 0.6) is 0 Å². The molecule has 2 nitrogen and oxygen atoms in total. The lowest BCUT2D eigenvalue weighted by Gasteiger charge is -2.36. The van der Waals surface area contributed by atoms with Crippen LogP contribution in [0.15, 0.2) is 192 Å². The lowest BCUT2D eigenvalue weighted by atomic mass is 9.66. The number of nitrogens with zero attached hydrogens (tertiary/aromatic N) is 1. The summed E-state index contributed by atoms with van der Waals surface area (Å²) < 4.78 is 6.12. The summed E-state index contributed by atoms with van der Waals surface area (Å²) in [5, 5.41) is 2.29. The maximum Gasteiger partial charge on any atom is 0.135 e. The number of hydrogen-bond acceptors (Lipinski definition) is 2. The molecule has 1 aromatic heterocycles. The molecule has 2 fully saturated rings. The van der Waals surface area contributed by atoms with Crippen LogP contribution in [0, 0.1) is 11.8 Å². The first-order valence-corrected chi connectivity index (χ1v) is 20.5. The summed E-state index contributed by atoms with van der Waals surface area (Å²) in [5.74, 6) is 1.61. The van der Waals surface area contributed by atoms with Crippen LogP contribution in [0.2, 0.25) is 0 Å². The van der Waals surface area contributed by atoms with Crippen molar-refractivity contribution in [2.24, 2.45) is 11.8 Å². The van der Waals surface area contributed by atoms with E-state index in [2.05, 4.69) is 181 Å². The van der Waals surface area contributed by atoms with Crippen LogP contribution in [-0.4, -0.2) is 0 Å². The minimum absolute atomic E-state index is 0.178. The van der Waals surface area contributed by atoms with Gasteiger partial charge in [0.05, 0.1) is 0 Å². The van der Waals surface area contributed by atoms with E-state index in [-0.39, 0.29) is 5.41 Å². The molecule has 1 heterocycles. The Hall–Kier alpha value is -6.64. The van der Waals surface area contributed by atoms with Gasteiger partial charge in [0.15, 0.2) is 0 Å². The molecule has 2 bridgehead atoms. The fraction of sp³-hybridized carbons (Fsp3) is 0.127. The fourth-order valence-corrected chi connectivity index (χ4v) is 11.0. The maximum atomic E-state index is 6.12. The van der Waals surface area contributed by atoms with Crippen LogP contribution in [-0.2, 0) is 5.41 Å². The number of hydrogen-bond donors (Lipinski definition) is 0. The highest BCUT2D eigenvalue weighted by molar-refractivity contribution is 6.06. The largest absolute Gasteiger partial charge is 0.456 e. The Kier molecular flexibility index (Phi) is 7.26. The molecule has 57 heavy (non-hydrogen) atoms. The Bertz CT molecular complexity index is 2960. The van der Waals surface area contributed by atoms with Gasteiger partial charge < -0.3 is 9.32 Å². The van der Waals surface area contributed by atoms with Gasteiger partial charge in [-0.1, -0.05) is 134 Å². The molecular formula is C55H41NO. The first-order chi connectivity index (χ1) is 28.2. The molecule has 0 amide bonds. The van der Waals surface area contributed by atoms with Crippen LogP contribution < -0.4 is 4.90 Å². The van der Waals surface area contributed by atoms with Gasteiger partial charge in [0.25, 0.3) is 0 Å². The van der Waals surface area contributed by atoms with E-state index in [4.69, 9.17) is 4.42 Å². The van der Waals surface area contributed by atoms with E-state index in [1.165, 1.54) is 70.2 Å². The summed E-state index contributed by atoms with van der Waals surface area (Å²) in [6, 6.07) is 69.1. The number of furan rings is 1. The molecule has 0 N–H and O–H groups in total. The standard InChI is InChI=1S/C55H41NO/c1-2-8-37(9-3-1)38-15-24-44(25-16-38)56(45-26-17-39(18-27-45)41-22-31-54-50(33-41)49-11-5-7-13-53(49)57-54)46-28-19-40(20-29-46)42-21-30-48-47-10-4-6-12-51(47)55(52(48)34-42)35-36-14-23-43(55)32-36/h1-13,15-22,24-31,33-34,36,43H,14,23,32,35H2. The van der Waals surface area contributed by atoms with Crippen molar-refractivity contribution in [3.05, 3.63) is 199 Å². The first kappa shape index (κ1) is 32.6. The molecule has 1 spiro atoms. The van der Waals surface area contributed by atoms with Gasteiger partial charge in [0.2, 0.25) is 0 Å². The Morgan fingerprint density at radius 2 is 0.965 bits per heavy atom. The Labute approximate surface area is 333 Å². The van der Waals surface area contributed by atoms with E-state index < -0.39 is 0 Å². The van der Waals surface area contributed by atoms with Gasteiger partial charge in [-0.2, -0.15) is 0 Å². The van der Waals surface area contributed by atoms with Crippen molar-refractivity contribution in [2.75, 3.05) is 4.90 Å². The van der Waals surface area contributed by atoms with E-state index in [9.17, 15) is 0 Å². The molecule has 0 radical (unpaired) electrons. The SMILES string of the molecule is c1ccc(-c2ccc(N(c3ccc(-c4ccc5c(c4)C4(CC6CCC4C6)c4ccccc4-5)cc3)c3ccc(-c4ccc5oc6ccccc6c5c4)cc3)cc2)cc1. The predicted molar refractivity (Wildman–Crippen MR) is 236 cm³/mol. The van der Waals surface area contributed by atoms with Crippen LogP contribution in [0.3, 0.4) is 0 Å². The van der Waals surface area contributed by atoms with Crippen molar-refractivity contribution in [3.63, 3.8) is 0 Å². The zero-order chi connectivity index (χ0) is 37.5. The summed E-state index contributed by atoms with van der Waals surface area (Å²) in [7, 11) is 0. The Balaban J connectivity index is 0.912. The molecule has 3 aliphatic rings. The van der Waals surface area contributed by atoms with Gasteiger partial charge >= 0.3 is 0 Å². The molecule has 0 aliphatic heterocycles. The highest BCUT2D eigenvalue weighted by Gasteiger charge is 2.56. The number of fused-ring (bicyclic) bond motifs is 11. The molecule has 3 aliphatic carbocycles. The van der Waals surface area contributed by atoms with Gasteiger partial charge in [0.1, 0.15) is 11.2 Å². The first-order valence-electron chi connectivity index (χ1n) is 20.5. The van der Waals surface area contributed by atoms with Crippen LogP contribution >= 0.6 is 0 Å². The van der Waals surface area contributed by atoms with Crippen LogP contribution in [0.25, 0.3) is 66.4 Å². The van der Waals surface area contributed by atoms with Crippen molar-refractivity contribution in [2.45, 2.75) is 31.1 Å². The van der Waals surface area contributed by atoms with E-state index in [1.54, 1.807) is 11.1 Å².